The Morgan fingerprint density at radius 3 is 1.54 bits per heavy atom. The molecular formula is C20H26BF4O2P. The molecule has 1 aliphatic rings. The highest BCUT2D eigenvalue weighted by Crippen LogP contribution is 2.49. The standard InChI is InChI=1S/C20H25O2P.BF4/c1-21-17-12-6-8-14-19(17)23(16-10-4-3-5-11-16)20-15-9-7-13-18(20)22-2;2-1(3,4)5/h6-9,12-16H,3-5,10-11H2,1-2H3;/q;-1/p+1. The molecular weight excluding hydrogens is 390 g/mol. The molecule has 0 spiro atoms. The van der Waals surface area contributed by atoms with Crippen molar-refractivity contribution in [3.05, 3.63) is 48.5 Å². The summed E-state index contributed by atoms with van der Waals surface area (Å²) in [5.41, 5.74) is 0.751. The highest BCUT2D eigenvalue weighted by atomic mass is 31.1. The molecule has 2 aromatic carbocycles. The van der Waals surface area contributed by atoms with Crippen LogP contribution in [0.2, 0.25) is 0 Å². The van der Waals surface area contributed by atoms with Crippen molar-refractivity contribution >= 4 is 25.8 Å². The Hall–Kier alpha value is -1.75. The van der Waals surface area contributed by atoms with Crippen LogP contribution in [0.25, 0.3) is 0 Å². The van der Waals surface area contributed by atoms with Gasteiger partial charge in [0.25, 0.3) is 0 Å². The highest BCUT2D eigenvalue weighted by molar-refractivity contribution is 7.74. The van der Waals surface area contributed by atoms with E-state index in [0.29, 0.717) is 0 Å². The summed E-state index contributed by atoms with van der Waals surface area (Å²) >= 11 is 0. The van der Waals surface area contributed by atoms with E-state index in [2.05, 4.69) is 48.5 Å². The van der Waals surface area contributed by atoms with Crippen LogP contribution in [0.15, 0.2) is 48.5 Å². The minimum Gasteiger partial charge on any atom is -0.493 e. The molecule has 0 unspecified atom stereocenters. The predicted octanol–water partition coefficient (Wildman–Crippen LogP) is 5.50. The summed E-state index contributed by atoms with van der Waals surface area (Å²) in [5, 5.41) is 2.77. The molecule has 154 valence electrons. The second kappa shape index (κ2) is 10.7. The van der Waals surface area contributed by atoms with Gasteiger partial charge < -0.3 is 26.7 Å². The fraction of sp³-hybridized carbons (Fsp3) is 0.400. The summed E-state index contributed by atoms with van der Waals surface area (Å²) in [5.74, 6) is 2.05. The molecule has 28 heavy (non-hydrogen) atoms. The zero-order chi connectivity index (χ0) is 20.6. The number of ether oxygens (including phenoxy) is 2. The maximum atomic E-state index is 9.75. The van der Waals surface area contributed by atoms with Gasteiger partial charge in [-0.1, -0.05) is 30.7 Å². The summed E-state index contributed by atoms with van der Waals surface area (Å²) in [6.07, 6.45) is 6.73. The third-order valence-corrected chi connectivity index (χ3v) is 8.19. The van der Waals surface area contributed by atoms with E-state index in [1.165, 1.54) is 42.7 Å². The highest BCUT2D eigenvalue weighted by Gasteiger charge is 2.37. The van der Waals surface area contributed by atoms with Crippen LogP contribution in [0.5, 0.6) is 11.5 Å². The average Bonchev–Trinajstić information content (AvgIpc) is 2.68. The number of methoxy groups -OCH3 is 2. The van der Waals surface area contributed by atoms with E-state index in [-0.39, 0.29) is 0 Å². The Balaban J connectivity index is 0.000000500. The average molecular weight is 416 g/mol. The van der Waals surface area contributed by atoms with Crippen LogP contribution < -0.4 is 20.1 Å². The molecule has 1 saturated carbocycles. The van der Waals surface area contributed by atoms with Crippen molar-refractivity contribution < 1.29 is 26.7 Å². The quantitative estimate of drug-likeness (QED) is 0.364. The van der Waals surface area contributed by atoms with Crippen molar-refractivity contribution in [2.24, 2.45) is 0 Å². The number of rotatable bonds is 5. The van der Waals surface area contributed by atoms with Crippen molar-refractivity contribution in [1.82, 2.24) is 0 Å². The molecule has 8 heteroatoms. The molecule has 0 aliphatic heterocycles. The van der Waals surface area contributed by atoms with Gasteiger partial charge in [0, 0.05) is 0 Å². The van der Waals surface area contributed by atoms with Gasteiger partial charge in [0.15, 0.2) is 11.5 Å². The molecule has 3 rings (SSSR count). The van der Waals surface area contributed by atoms with E-state index in [1.54, 1.807) is 14.2 Å². The molecule has 0 N–H and O–H groups in total. The molecule has 0 saturated heterocycles. The minimum absolute atomic E-state index is 0.751. The van der Waals surface area contributed by atoms with E-state index >= 15 is 0 Å². The van der Waals surface area contributed by atoms with E-state index in [9.17, 15) is 17.3 Å². The Morgan fingerprint density at radius 1 is 0.750 bits per heavy atom. The smallest absolute Gasteiger partial charge is 0.493 e. The molecule has 1 fully saturated rings. The van der Waals surface area contributed by atoms with Crippen LogP contribution in [-0.2, 0) is 0 Å². The molecule has 0 atom stereocenters. The monoisotopic (exact) mass is 416 g/mol. The summed E-state index contributed by atoms with van der Waals surface area (Å²) < 4.78 is 50.4. The van der Waals surface area contributed by atoms with Gasteiger partial charge in [-0.05, 0) is 49.9 Å². The summed E-state index contributed by atoms with van der Waals surface area (Å²) in [4.78, 5) is 0. The Kier molecular flexibility index (Phi) is 8.62. The molecule has 0 bridgehead atoms. The zero-order valence-electron chi connectivity index (χ0n) is 16.1. The molecule has 0 aromatic heterocycles. The van der Waals surface area contributed by atoms with Gasteiger partial charge in [0.05, 0.1) is 27.8 Å². The first-order valence-electron chi connectivity index (χ1n) is 9.36. The van der Waals surface area contributed by atoms with Crippen molar-refractivity contribution in [3.8, 4) is 11.5 Å². The fourth-order valence-corrected chi connectivity index (χ4v) is 7.32. The number of halogens is 4. The number of para-hydroxylation sites is 2. The fourth-order valence-electron chi connectivity index (χ4n) is 3.71. The topological polar surface area (TPSA) is 18.5 Å². The first kappa shape index (κ1) is 22.5. The van der Waals surface area contributed by atoms with Gasteiger partial charge in [0.1, 0.15) is 10.6 Å². The second-order valence-electron chi connectivity index (χ2n) is 6.64. The number of hydrogen-bond acceptors (Lipinski definition) is 2. The van der Waals surface area contributed by atoms with Crippen molar-refractivity contribution in [3.63, 3.8) is 0 Å². The Morgan fingerprint density at radius 2 is 1.14 bits per heavy atom. The Bertz CT molecular complexity index is 683. The molecule has 0 radical (unpaired) electrons. The lowest BCUT2D eigenvalue weighted by Crippen LogP contribution is -2.25. The molecule has 0 heterocycles. The van der Waals surface area contributed by atoms with Gasteiger partial charge >= 0.3 is 7.25 Å². The Labute approximate surface area is 165 Å². The van der Waals surface area contributed by atoms with Crippen molar-refractivity contribution in [2.75, 3.05) is 14.2 Å². The number of hydrogen-bond donors (Lipinski definition) is 0. The lowest BCUT2D eigenvalue weighted by molar-refractivity contribution is 0.368. The van der Waals surface area contributed by atoms with E-state index < -0.39 is 15.2 Å². The minimum atomic E-state index is -6.00. The molecule has 0 amide bonds. The van der Waals surface area contributed by atoms with Crippen molar-refractivity contribution in [1.29, 1.82) is 0 Å². The van der Waals surface area contributed by atoms with Crippen LogP contribution in [0.4, 0.5) is 17.3 Å². The third kappa shape index (κ3) is 6.70. The molecule has 1 aliphatic carbocycles. The van der Waals surface area contributed by atoms with E-state index in [1.807, 2.05) is 0 Å². The summed E-state index contributed by atoms with van der Waals surface area (Å²) in [6, 6.07) is 17.1. The summed E-state index contributed by atoms with van der Waals surface area (Å²) in [6.45, 7) is 0. The lowest BCUT2D eigenvalue weighted by atomic mass is 10.0. The normalized spacial score (nSPS) is 15.0. The SMILES string of the molecule is COc1ccccc1[PH+](c1ccccc1OC)C1CCCCC1.F[B-](F)(F)F. The van der Waals surface area contributed by atoms with Gasteiger partial charge in [-0.25, -0.2) is 0 Å². The maximum absolute atomic E-state index is 9.75. The van der Waals surface area contributed by atoms with Gasteiger partial charge in [0.2, 0.25) is 0 Å². The molecule has 2 aromatic rings. The maximum Gasteiger partial charge on any atom is 0.673 e. The van der Waals surface area contributed by atoms with Crippen LogP contribution in [0.1, 0.15) is 32.1 Å². The largest absolute Gasteiger partial charge is 0.673 e. The van der Waals surface area contributed by atoms with Crippen LogP contribution in [0.3, 0.4) is 0 Å². The lowest BCUT2D eigenvalue weighted by Gasteiger charge is -2.26. The van der Waals surface area contributed by atoms with Crippen LogP contribution in [0, 0.1) is 0 Å². The van der Waals surface area contributed by atoms with Crippen LogP contribution in [-0.4, -0.2) is 27.1 Å². The molecule has 2 nitrogen and oxygen atoms in total. The zero-order valence-corrected chi connectivity index (χ0v) is 17.1. The van der Waals surface area contributed by atoms with Crippen molar-refractivity contribution in [2.45, 2.75) is 37.8 Å². The first-order chi connectivity index (χ1) is 13.3. The first-order valence-corrected chi connectivity index (χ1v) is 10.9. The van der Waals surface area contributed by atoms with E-state index in [0.717, 1.165) is 17.2 Å². The number of benzene rings is 2. The van der Waals surface area contributed by atoms with Gasteiger partial charge in [-0.15, -0.1) is 0 Å². The van der Waals surface area contributed by atoms with E-state index in [4.69, 9.17) is 9.47 Å². The van der Waals surface area contributed by atoms with Crippen LogP contribution >= 0.6 is 7.92 Å². The predicted molar refractivity (Wildman–Crippen MR) is 111 cm³/mol. The van der Waals surface area contributed by atoms with Gasteiger partial charge in [-0.2, -0.15) is 0 Å². The third-order valence-electron chi connectivity index (χ3n) is 4.81. The summed E-state index contributed by atoms with van der Waals surface area (Å²) in [7, 11) is -3.38. The van der Waals surface area contributed by atoms with Gasteiger partial charge in [-0.3, -0.25) is 0 Å². The second-order valence-corrected chi connectivity index (χ2v) is 9.37.